The molecule has 0 bridgehead atoms. The average molecular weight is 419 g/mol. The molecule has 0 atom stereocenters. The van der Waals surface area contributed by atoms with Gasteiger partial charge in [-0.25, -0.2) is 8.42 Å². The molecule has 2 N–H and O–H groups in total. The van der Waals surface area contributed by atoms with Crippen LogP contribution in [0.2, 0.25) is 0 Å². The Hall–Kier alpha value is -2.58. The Kier molecular flexibility index (Phi) is 6.14. The molecule has 1 fully saturated rings. The lowest BCUT2D eigenvalue weighted by Gasteiger charge is -2.30. The molecule has 0 spiro atoms. The lowest BCUT2D eigenvalue weighted by molar-refractivity contribution is -0.120. The van der Waals surface area contributed by atoms with E-state index in [1.165, 1.54) is 17.5 Å². The second-order valence-corrected chi connectivity index (χ2v) is 9.24. The van der Waals surface area contributed by atoms with Gasteiger partial charge in [-0.2, -0.15) is 4.31 Å². The summed E-state index contributed by atoms with van der Waals surface area (Å²) in [6.45, 7) is 4.43. The molecule has 0 aromatic heterocycles. The molecular formula is C21H26N2O5S. The first kappa shape index (κ1) is 21.1. The predicted octanol–water partition coefficient (Wildman–Crippen LogP) is 3.06. The molecule has 1 aliphatic rings. The Morgan fingerprint density at radius 1 is 1.10 bits per heavy atom. The van der Waals surface area contributed by atoms with Gasteiger partial charge in [-0.05, 0) is 62.1 Å². The van der Waals surface area contributed by atoms with Crippen LogP contribution in [0.3, 0.4) is 0 Å². The summed E-state index contributed by atoms with van der Waals surface area (Å²) in [4.78, 5) is 12.9. The Morgan fingerprint density at radius 3 is 2.41 bits per heavy atom. The van der Waals surface area contributed by atoms with E-state index in [1.54, 1.807) is 24.3 Å². The third-order valence-corrected chi connectivity index (χ3v) is 7.28. The number of ether oxygens (including phenoxy) is 1. The van der Waals surface area contributed by atoms with E-state index in [0.717, 1.165) is 11.1 Å². The number of nitrogens with one attached hydrogen (secondary N) is 1. The zero-order valence-corrected chi connectivity index (χ0v) is 17.6. The van der Waals surface area contributed by atoms with Gasteiger partial charge in [0.2, 0.25) is 15.9 Å². The highest BCUT2D eigenvalue weighted by atomic mass is 32.2. The van der Waals surface area contributed by atoms with E-state index in [-0.39, 0.29) is 23.3 Å². The number of carbonyl (C=O) groups excluding carboxylic acids is 1. The van der Waals surface area contributed by atoms with Crippen molar-refractivity contribution in [1.29, 1.82) is 0 Å². The number of sulfonamides is 1. The third kappa shape index (κ3) is 4.54. The maximum Gasteiger partial charge on any atom is 0.243 e. The fourth-order valence-corrected chi connectivity index (χ4v) is 4.94. The minimum atomic E-state index is -3.57. The molecule has 29 heavy (non-hydrogen) atoms. The number of rotatable bonds is 5. The molecule has 2 aromatic rings. The van der Waals surface area contributed by atoms with Gasteiger partial charge in [0.05, 0.1) is 12.0 Å². The van der Waals surface area contributed by atoms with Crippen molar-refractivity contribution in [2.45, 2.75) is 31.6 Å². The number of carbonyl (C=O) groups is 1. The summed E-state index contributed by atoms with van der Waals surface area (Å²) in [5, 5.41) is 12.5. The summed E-state index contributed by atoms with van der Waals surface area (Å²) in [6, 6.07) is 9.74. The number of hydrogen-bond donors (Lipinski definition) is 2. The topological polar surface area (TPSA) is 95.9 Å². The summed E-state index contributed by atoms with van der Waals surface area (Å²) in [5.74, 6) is -0.172. The van der Waals surface area contributed by atoms with Gasteiger partial charge in [-0.3, -0.25) is 4.79 Å². The number of nitrogens with zero attached hydrogens (tertiary/aromatic N) is 1. The van der Waals surface area contributed by atoms with Gasteiger partial charge in [0.15, 0.2) is 11.5 Å². The molecule has 1 aliphatic heterocycles. The zero-order chi connectivity index (χ0) is 21.2. The van der Waals surface area contributed by atoms with Crippen LogP contribution in [0, 0.1) is 19.8 Å². The Bertz CT molecular complexity index is 1010. The second-order valence-electron chi connectivity index (χ2n) is 7.30. The summed E-state index contributed by atoms with van der Waals surface area (Å²) in [7, 11) is -2.13. The number of aryl methyl sites for hydroxylation is 2. The van der Waals surface area contributed by atoms with Crippen molar-refractivity contribution >= 4 is 21.6 Å². The Balaban J connectivity index is 1.63. The molecule has 2 aromatic carbocycles. The minimum Gasteiger partial charge on any atom is -0.504 e. The van der Waals surface area contributed by atoms with Crippen molar-refractivity contribution < 1.29 is 23.1 Å². The number of benzene rings is 2. The number of phenolic OH excluding ortho intramolecular Hbond substituents is 1. The standard InChI is InChI=1S/C21H26N2O5S/c1-14-4-6-18(12-15(14)2)29(26,27)23-10-8-16(9-11-23)21(25)22-17-5-7-19(24)20(13-17)28-3/h4-7,12-13,16,24H,8-11H2,1-3H3,(H,22,25). The molecule has 1 heterocycles. The lowest BCUT2D eigenvalue weighted by Crippen LogP contribution is -2.41. The van der Waals surface area contributed by atoms with Crippen LogP contribution in [0.1, 0.15) is 24.0 Å². The molecule has 0 radical (unpaired) electrons. The molecule has 0 saturated carbocycles. The van der Waals surface area contributed by atoms with E-state index in [0.29, 0.717) is 36.5 Å². The third-order valence-electron chi connectivity index (χ3n) is 5.39. The van der Waals surface area contributed by atoms with Gasteiger partial charge in [-0.1, -0.05) is 6.07 Å². The van der Waals surface area contributed by atoms with Crippen LogP contribution in [0.25, 0.3) is 0 Å². The average Bonchev–Trinajstić information content (AvgIpc) is 2.71. The zero-order valence-electron chi connectivity index (χ0n) is 16.8. The SMILES string of the molecule is COc1cc(NC(=O)C2CCN(S(=O)(=O)c3ccc(C)c(C)c3)CC2)ccc1O. The number of methoxy groups -OCH3 is 1. The smallest absolute Gasteiger partial charge is 0.243 e. The molecule has 7 nitrogen and oxygen atoms in total. The van der Waals surface area contributed by atoms with Crippen molar-refractivity contribution in [3.05, 3.63) is 47.5 Å². The fourth-order valence-electron chi connectivity index (χ4n) is 3.38. The van der Waals surface area contributed by atoms with Crippen LogP contribution in [0.15, 0.2) is 41.3 Å². The molecule has 3 rings (SSSR count). The van der Waals surface area contributed by atoms with E-state index in [4.69, 9.17) is 4.74 Å². The van der Waals surface area contributed by atoms with Crippen LogP contribution in [-0.4, -0.2) is 43.9 Å². The van der Waals surface area contributed by atoms with Crippen LogP contribution in [0.5, 0.6) is 11.5 Å². The van der Waals surface area contributed by atoms with Crippen LogP contribution < -0.4 is 10.1 Å². The van der Waals surface area contributed by atoms with Gasteiger partial charge in [-0.15, -0.1) is 0 Å². The maximum atomic E-state index is 12.9. The van der Waals surface area contributed by atoms with Crippen molar-refractivity contribution in [3.8, 4) is 11.5 Å². The number of amides is 1. The second kappa shape index (κ2) is 8.42. The number of anilines is 1. The highest BCUT2D eigenvalue weighted by Crippen LogP contribution is 2.30. The first-order valence-corrected chi connectivity index (χ1v) is 10.9. The summed E-state index contributed by atoms with van der Waals surface area (Å²) >= 11 is 0. The van der Waals surface area contributed by atoms with Crippen molar-refractivity contribution in [2.75, 3.05) is 25.5 Å². The van der Waals surface area contributed by atoms with Gasteiger partial charge in [0.1, 0.15) is 0 Å². The largest absolute Gasteiger partial charge is 0.504 e. The first-order chi connectivity index (χ1) is 13.7. The monoisotopic (exact) mass is 418 g/mol. The van der Waals surface area contributed by atoms with E-state index in [1.807, 2.05) is 19.9 Å². The quantitative estimate of drug-likeness (QED) is 0.728. The molecule has 1 saturated heterocycles. The highest BCUT2D eigenvalue weighted by molar-refractivity contribution is 7.89. The molecular weight excluding hydrogens is 392 g/mol. The summed E-state index contributed by atoms with van der Waals surface area (Å²) in [6.07, 6.45) is 0.899. The molecule has 1 amide bonds. The van der Waals surface area contributed by atoms with E-state index in [2.05, 4.69) is 5.32 Å². The van der Waals surface area contributed by atoms with Crippen molar-refractivity contribution in [2.24, 2.45) is 5.92 Å². The van der Waals surface area contributed by atoms with Crippen LogP contribution >= 0.6 is 0 Å². The summed E-state index contributed by atoms with van der Waals surface area (Å²) < 4.78 is 32.3. The fraction of sp³-hybridized carbons (Fsp3) is 0.381. The van der Waals surface area contributed by atoms with Gasteiger partial charge < -0.3 is 15.2 Å². The van der Waals surface area contributed by atoms with Crippen LogP contribution in [-0.2, 0) is 14.8 Å². The molecule has 156 valence electrons. The summed E-state index contributed by atoms with van der Waals surface area (Å²) in [5.41, 5.74) is 2.50. The number of hydrogen-bond acceptors (Lipinski definition) is 5. The van der Waals surface area contributed by atoms with Gasteiger partial charge in [0.25, 0.3) is 0 Å². The Morgan fingerprint density at radius 2 is 1.79 bits per heavy atom. The lowest BCUT2D eigenvalue weighted by atomic mass is 9.97. The number of aromatic hydroxyl groups is 1. The first-order valence-electron chi connectivity index (χ1n) is 9.47. The predicted molar refractivity (Wildman–Crippen MR) is 111 cm³/mol. The number of piperidine rings is 1. The minimum absolute atomic E-state index is 0.00430. The molecule has 0 unspecified atom stereocenters. The van der Waals surface area contributed by atoms with E-state index < -0.39 is 10.0 Å². The molecule has 8 heteroatoms. The normalized spacial score (nSPS) is 15.8. The van der Waals surface area contributed by atoms with Crippen molar-refractivity contribution in [3.63, 3.8) is 0 Å². The van der Waals surface area contributed by atoms with E-state index >= 15 is 0 Å². The van der Waals surface area contributed by atoms with Gasteiger partial charge >= 0.3 is 0 Å². The number of phenols is 1. The van der Waals surface area contributed by atoms with E-state index in [9.17, 15) is 18.3 Å². The van der Waals surface area contributed by atoms with Crippen molar-refractivity contribution in [1.82, 2.24) is 4.31 Å². The Labute approximate surface area is 171 Å². The molecule has 0 aliphatic carbocycles. The van der Waals surface area contributed by atoms with Gasteiger partial charge in [0, 0.05) is 30.8 Å². The highest BCUT2D eigenvalue weighted by Gasteiger charge is 2.32. The maximum absolute atomic E-state index is 12.9. The van der Waals surface area contributed by atoms with Crippen LogP contribution in [0.4, 0.5) is 5.69 Å².